The molecule has 2 nitrogen and oxygen atoms in total. The Balaban J connectivity index is -0.000000518. The quantitative estimate of drug-likeness (QED) is 0.262. The van der Waals surface area contributed by atoms with Crippen molar-refractivity contribution in [1.29, 1.82) is 0 Å². The highest BCUT2D eigenvalue weighted by Gasteiger charge is 2.33. The molecule has 2 aromatic rings. The van der Waals surface area contributed by atoms with Crippen LogP contribution < -0.4 is 4.74 Å². The number of rotatable bonds is 8. The van der Waals surface area contributed by atoms with E-state index in [-0.39, 0.29) is 14.3 Å². The molecule has 10 aliphatic carbocycles. The molecular formula is C84H164O2. The number of hydrogen-bond donors (Lipinski definition) is 0. The minimum Gasteiger partial charge on any atom is -0.497 e. The fraction of sp³-hybridized carbons (Fsp3) is 0.857. The van der Waals surface area contributed by atoms with Gasteiger partial charge in [-0.2, -0.15) is 0 Å². The zero-order chi connectivity index (χ0) is 61.2. The summed E-state index contributed by atoms with van der Waals surface area (Å²) < 4.78 is 10.6. The molecule has 0 heterocycles. The van der Waals surface area contributed by atoms with Gasteiger partial charge < -0.3 is 9.47 Å². The zero-order valence-electron chi connectivity index (χ0n) is 59.3. The van der Waals surface area contributed by atoms with Gasteiger partial charge >= 0.3 is 0 Å². The number of ether oxygens (including phenoxy) is 2. The molecule has 0 spiro atoms. The molecule has 2 aromatic carbocycles. The maximum Gasteiger partial charge on any atom is 0.118 e. The molecule has 12 rings (SSSR count). The Morgan fingerprint density at radius 3 is 0.628 bits per heavy atom. The molecule has 0 bridgehead atoms. The Labute approximate surface area is 551 Å². The largest absolute Gasteiger partial charge is 0.497 e. The van der Waals surface area contributed by atoms with Gasteiger partial charge in [0.25, 0.3) is 0 Å². The highest BCUT2D eigenvalue weighted by atomic mass is 16.5. The van der Waals surface area contributed by atoms with Crippen LogP contribution in [0.15, 0.2) is 48.5 Å². The van der Waals surface area contributed by atoms with Crippen molar-refractivity contribution in [3.05, 3.63) is 65.2 Å². The molecule has 0 radical (unpaired) electrons. The van der Waals surface area contributed by atoms with Crippen molar-refractivity contribution in [2.75, 3.05) is 14.2 Å². The SMILES string of the molecule is CC1CCC(C2CCC(C)CC2)CC1.CC1CCC(C2CCC(C)CC2)CC1.CC1CCC(C2CCC(C)CC2)CC1.COC1CCC(C2CCC(C)CC2)CC1.COc1ccc(C2CCC(C)CC2)cc1.Cc1ccc(C2CCC(C)CC2)cc1.[HH].[HH].[HH].[HH].[HH].[HH].[HH].[HH].[HH].[HH]. The molecule has 10 saturated carbocycles. The molecule has 86 heavy (non-hydrogen) atoms. The summed E-state index contributed by atoms with van der Waals surface area (Å²) in [7, 11) is 3.59. The second-order valence-electron chi connectivity index (χ2n) is 33.5. The second kappa shape index (κ2) is 38.9. The van der Waals surface area contributed by atoms with E-state index in [4.69, 9.17) is 9.47 Å². The first-order chi connectivity index (χ1) is 41.6. The first-order valence-corrected chi connectivity index (χ1v) is 38.8. The van der Waals surface area contributed by atoms with E-state index < -0.39 is 0 Å². The lowest BCUT2D eigenvalue weighted by Crippen LogP contribution is -2.27. The van der Waals surface area contributed by atoms with E-state index in [0.29, 0.717) is 6.10 Å². The highest BCUT2D eigenvalue weighted by molar-refractivity contribution is 5.29. The fourth-order valence-electron chi connectivity index (χ4n) is 19.0. The third-order valence-electron chi connectivity index (χ3n) is 26.3. The van der Waals surface area contributed by atoms with E-state index in [2.05, 4.69) is 118 Å². The van der Waals surface area contributed by atoms with Crippen molar-refractivity contribution >= 4 is 0 Å². The average molecular weight is 1210 g/mol. The minimum absolute atomic E-state index is 0. The molecule has 2 heteroatoms. The van der Waals surface area contributed by atoms with Gasteiger partial charge in [0.15, 0.2) is 0 Å². The number of aryl methyl sites for hydroxylation is 1. The Morgan fingerprint density at radius 2 is 0.430 bits per heavy atom. The van der Waals surface area contributed by atoms with Crippen LogP contribution in [0.4, 0.5) is 0 Å². The van der Waals surface area contributed by atoms with E-state index in [1.165, 1.54) is 191 Å². The number of benzene rings is 2. The number of methoxy groups -OCH3 is 2. The first kappa shape index (κ1) is 71.6. The summed E-state index contributed by atoms with van der Waals surface area (Å²) in [6, 6.07) is 17.7. The van der Waals surface area contributed by atoms with Crippen molar-refractivity contribution in [2.45, 2.75) is 344 Å². The Bertz CT molecular complexity index is 1850. The van der Waals surface area contributed by atoms with Gasteiger partial charge in [-0.15, -0.1) is 0 Å². The third kappa shape index (κ3) is 25.4. The maximum absolute atomic E-state index is 5.44. The third-order valence-corrected chi connectivity index (χ3v) is 26.3. The van der Waals surface area contributed by atoms with Gasteiger partial charge in [-0.3, -0.25) is 0 Å². The van der Waals surface area contributed by atoms with Crippen molar-refractivity contribution in [1.82, 2.24) is 0 Å². The summed E-state index contributed by atoms with van der Waals surface area (Å²) in [5, 5.41) is 0. The van der Waals surface area contributed by atoms with Crippen LogP contribution in [0.1, 0.15) is 362 Å². The van der Waals surface area contributed by atoms with E-state index in [1.54, 1.807) is 89.7 Å². The molecule has 0 aromatic heterocycles. The first-order valence-electron chi connectivity index (χ1n) is 38.8. The van der Waals surface area contributed by atoms with Crippen molar-refractivity contribution < 1.29 is 23.7 Å². The zero-order valence-corrected chi connectivity index (χ0v) is 59.3. The van der Waals surface area contributed by atoms with Crippen LogP contribution in [0.25, 0.3) is 0 Å². The lowest BCUT2D eigenvalue weighted by atomic mass is 9.70. The smallest absolute Gasteiger partial charge is 0.118 e. The van der Waals surface area contributed by atoms with Gasteiger partial charge in [0.1, 0.15) is 5.75 Å². The molecule has 0 unspecified atom stereocenters. The topological polar surface area (TPSA) is 18.5 Å². The molecule has 10 aliphatic rings. The Hall–Kier alpha value is -1.80. The Morgan fingerprint density at radius 1 is 0.244 bits per heavy atom. The lowest BCUT2D eigenvalue weighted by Gasteiger charge is -2.36. The van der Waals surface area contributed by atoms with Gasteiger partial charge in [-0.25, -0.2) is 0 Å². The molecule has 0 amide bonds. The molecule has 0 saturated heterocycles. The second-order valence-corrected chi connectivity index (χ2v) is 33.5. The lowest BCUT2D eigenvalue weighted by molar-refractivity contribution is 0.0399. The summed E-state index contributed by atoms with van der Waals surface area (Å²) in [4.78, 5) is 0. The van der Waals surface area contributed by atoms with Crippen LogP contribution in [0, 0.1) is 108 Å². The molecule has 0 N–H and O–H groups in total. The summed E-state index contributed by atoms with van der Waals surface area (Å²) in [6.45, 7) is 23.9. The molecule has 512 valence electrons. The predicted molar refractivity (Wildman–Crippen MR) is 397 cm³/mol. The number of hydrogen-bond acceptors (Lipinski definition) is 2. The van der Waals surface area contributed by atoms with Crippen LogP contribution in [0.5, 0.6) is 5.75 Å². The van der Waals surface area contributed by atoms with Gasteiger partial charge in [0, 0.05) is 21.4 Å². The van der Waals surface area contributed by atoms with E-state index in [0.717, 1.165) is 118 Å². The molecular weight excluding hydrogens is 1040 g/mol. The van der Waals surface area contributed by atoms with Gasteiger partial charge in [0.2, 0.25) is 0 Å². The van der Waals surface area contributed by atoms with Crippen LogP contribution in [0.3, 0.4) is 0 Å². The average Bonchev–Trinajstić information content (AvgIpc) is 1.49. The molecule has 10 fully saturated rings. The van der Waals surface area contributed by atoms with Crippen LogP contribution in [-0.4, -0.2) is 20.3 Å². The van der Waals surface area contributed by atoms with Crippen LogP contribution >= 0.6 is 0 Å². The van der Waals surface area contributed by atoms with E-state index in [9.17, 15) is 0 Å². The van der Waals surface area contributed by atoms with Crippen LogP contribution in [-0.2, 0) is 4.74 Å². The standard InChI is InChI=1S/C14H26O.C14H20O.3C14H26.C14H20.10H2/c2*1-11-3-5-12(6-4-11)13-7-9-14(15-2)10-8-13;4*1-11-3-7-13(8-4-11)14-9-5-12(2)6-10-14;;;;;;;;;;/h11-14H,3-10H2,1-2H3;7-12H,3-6H2,1-2H3;3*11-14H,3-10H2,1-2H3;3-4,7-8,12,14H,5-6,9-10H2,1-2H3;10*1H. The summed E-state index contributed by atoms with van der Waals surface area (Å²) in [6.07, 6.45) is 59.8. The predicted octanol–water partition coefficient (Wildman–Crippen LogP) is 28.7. The van der Waals surface area contributed by atoms with Crippen molar-refractivity contribution in [3.63, 3.8) is 0 Å². The van der Waals surface area contributed by atoms with Crippen LogP contribution in [0.2, 0.25) is 0 Å². The summed E-state index contributed by atoms with van der Waals surface area (Å²) in [5.41, 5.74) is 4.42. The highest BCUT2D eigenvalue weighted by Crippen LogP contribution is 2.45. The normalized spacial score (nSPS) is 38.5. The maximum atomic E-state index is 5.44. The summed E-state index contributed by atoms with van der Waals surface area (Å²) in [5.74, 6) is 20.3. The molecule has 0 atom stereocenters. The van der Waals surface area contributed by atoms with E-state index >= 15 is 0 Å². The van der Waals surface area contributed by atoms with Gasteiger partial charge in [0.05, 0.1) is 13.2 Å². The fourth-order valence-corrected chi connectivity index (χ4v) is 19.0. The summed E-state index contributed by atoms with van der Waals surface area (Å²) >= 11 is 0. The monoisotopic (exact) mass is 1210 g/mol. The van der Waals surface area contributed by atoms with E-state index in [1.807, 2.05) is 7.11 Å². The van der Waals surface area contributed by atoms with Gasteiger partial charge in [-0.05, 0) is 284 Å². The van der Waals surface area contributed by atoms with Crippen molar-refractivity contribution in [3.8, 4) is 5.75 Å². The van der Waals surface area contributed by atoms with Crippen molar-refractivity contribution in [2.24, 2.45) is 101 Å². The molecule has 0 aliphatic heterocycles. The minimum atomic E-state index is 0. The Kier molecular flexibility index (Phi) is 32.4. The van der Waals surface area contributed by atoms with Gasteiger partial charge in [-0.1, -0.05) is 220 Å².